The number of hydrogen-bond donors (Lipinski definition) is 1. The number of ether oxygens (including phenoxy) is 4. The first kappa shape index (κ1) is 42.5. The third kappa shape index (κ3) is 11.9. The summed E-state index contributed by atoms with van der Waals surface area (Å²) in [6, 6.07) is 20.1. The molecule has 2 aromatic carbocycles. The van der Waals surface area contributed by atoms with Crippen LogP contribution in [-0.2, 0) is 37.0 Å². The first-order chi connectivity index (χ1) is 24.6. The van der Waals surface area contributed by atoms with E-state index in [1.165, 1.54) is 0 Å². The first-order valence-electron chi connectivity index (χ1n) is 18.2. The topological polar surface area (TPSA) is 105 Å². The van der Waals surface area contributed by atoms with Crippen LogP contribution in [0.25, 0.3) is 0 Å². The minimum atomic E-state index is -0.611. The Balaban J connectivity index is 0.000000206. The van der Waals surface area contributed by atoms with E-state index in [4.69, 9.17) is 28.9 Å². The van der Waals surface area contributed by atoms with Crippen molar-refractivity contribution in [2.75, 3.05) is 28.2 Å². The number of aliphatic hydroxyl groups is 1. The van der Waals surface area contributed by atoms with Gasteiger partial charge >= 0.3 is 0 Å². The average Bonchev–Trinajstić information content (AvgIpc) is 3.72. The van der Waals surface area contributed by atoms with Crippen LogP contribution in [0.1, 0.15) is 31.9 Å². The van der Waals surface area contributed by atoms with Gasteiger partial charge in [0.1, 0.15) is 35.3 Å². The minimum Gasteiger partial charge on any atom is -0.391 e. The highest BCUT2D eigenvalue weighted by Crippen LogP contribution is 2.42. The van der Waals surface area contributed by atoms with Gasteiger partial charge in [-0.15, -0.1) is 0 Å². The summed E-state index contributed by atoms with van der Waals surface area (Å²) < 4.78 is 24.5. The third-order valence-corrected chi connectivity index (χ3v) is 11.4. The van der Waals surface area contributed by atoms with Crippen molar-refractivity contribution >= 4 is 48.2 Å². The van der Waals surface area contributed by atoms with E-state index < -0.39 is 20.3 Å². The molecule has 10 nitrogen and oxygen atoms in total. The van der Waals surface area contributed by atoms with Gasteiger partial charge in [0.2, 0.25) is 0 Å². The molecule has 52 heavy (non-hydrogen) atoms. The van der Waals surface area contributed by atoms with E-state index in [0.29, 0.717) is 13.2 Å². The zero-order valence-corrected chi connectivity index (χ0v) is 35.3. The van der Waals surface area contributed by atoms with Gasteiger partial charge < -0.3 is 38.6 Å². The monoisotopic (exact) mass is 772 g/mol. The van der Waals surface area contributed by atoms with Gasteiger partial charge in [-0.05, 0) is 18.1 Å². The Hall–Kier alpha value is -2.23. The molecule has 2 fully saturated rings. The van der Waals surface area contributed by atoms with E-state index in [9.17, 15) is 9.90 Å². The number of fused-ring (bicyclic) bond motifs is 2. The fraction of sp³-hybridized carbons (Fsp3) is 0.615. The molecule has 2 saturated heterocycles. The van der Waals surface area contributed by atoms with Gasteiger partial charge in [-0.2, -0.15) is 0 Å². The summed E-state index contributed by atoms with van der Waals surface area (Å²) >= 11 is 3.18. The molecule has 1 unspecified atom stereocenters. The van der Waals surface area contributed by atoms with Crippen molar-refractivity contribution in [1.29, 1.82) is 0 Å². The Kier molecular flexibility index (Phi) is 15.8. The van der Waals surface area contributed by atoms with Crippen molar-refractivity contribution < 1.29 is 28.8 Å². The number of aliphatic imine (C=N–C) groups is 2. The molecule has 2 aromatic rings. The molecule has 4 aliphatic heterocycles. The van der Waals surface area contributed by atoms with E-state index in [2.05, 4.69) is 45.2 Å². The maximum Gasteiger partial charge on any atom is 0.161 e. The minimum absolute atomic E-state index is 0.0247. The Morgan fingerprint density at radius 3 is 1.56 bits per heavy atom. The second kappa shape index (κ2) is 19.4. The summed E-state index contributed by atoms with van der Waals surface area (Å²) in [6.45, 7) is 16.2. The van der Waals surface area contributed by atoms with Crippen LogP contribution in [0.4, 0.5) is 0 Å². The number of amidine groups is 2. The van der Waals surface area contributed by atoms with Crippen LogP contribution in [0, 0.1) is 11.8 Å². The van der Waals surface area contributed by atoms with Crippen molar-refractivity contribution in [3.05, 3.63) is 71.8 Å². The predicted octanol–water partition coefficient (Wildman–Crippen LogP) is 6.47. The summed E-state index contributed by atoms with van der Waals surface area (Å²) in [5.41, 5.74) is 2.01. The molecule has 6 rings (SSSR count). The number of hydrogen-bond acceptors (Lipinski definition) is 12. The molecule has 13 heteroatoms. The Morgan fingerprint density at radius 1 is 0.769 bits per heavy atom. The average molecular weight is 773 g/mol. The number of carbonyl (C=O) groups excluding carboxylic acids is 1. The molecule has 0 radical (unpaired) electrons. The Morgan fingerprint density at radius 2 is 1.17 bits per heavy atom. The number of carbonyl (C=O) groups is 1. The number of thioether (sulfide) groups is 2. The van der Waals surface area contributed by atoms with Crippen molar-refractivity contribution in [3.63, 3.8) is 0 Å². The zero-order valence-electron chi connectivity index (χ0n) is 32.7. The van der Waals surface area contributed by atoms with Crippen LogP contribution in [0.15, 0.2) is 70.6 Å². The van der Waals surface area contributed by atoms with E-state index in [1.54, 1.807) is 30.4 Å². The van der Waals surface area contributed by atoms with E-state index in [-0.39, 0.29) is 53.1 Å². The van der Waals surface area contributed by atoms with Gasteiger partial charge in [0.25, 0.3) is 0 Å². The van der Waals surface area contributed by atoms with Gasteiger partial charge in [-0.1, -0.05) is 124 Å². The molecule has 11 atom stereocenters. The Bertz CT molecular complexity index is 1460. The van der Waals surface area contributed by atoms with Crippen molar-refractivity contribution in [1.82, 2.24) is 9.80 Å². The van der Waals surface area contributed by atoms with Crippen molar-refractivity contribution in [2.45, 2.75) is 114 Å². The molecule has 0 bridgehead atoms. The largest absolute Gasteiger partial charge is 0.391 e. The second-order valence-corrected chi connectivity index (χ2v) is 24.0. The lowest BCUT2D eigenvalue weighted by Gasteiger charge is -2.42. The standard InChI is InChI=1S/C18H26N2O3S.C17H22N2O3S.C4H12Si/c1-11-15(12(2)21)23-17-14(19-18(24-17)20(3)4)16(11)22-10-13-8-6-5-7-9-13;1-11-13(9-20)22-16-14(18-17(23-16)19(2)3)15(11)21-10-12-7-5-4-6-8-12;1-5(2,3)4/h5-9,11-12,14-17,21H,10H2,1-4H3;4-9,11,13-16H,10H2,1-3H3;1-4H3/t11-,12?,14-,15+,16+,17-;11-,13-,14-,15+,16-;/m11./s1. The van der Waals surface area contributed by atoms with Crippen LogP contribution in [0.2, 0.25) is 26.2 Å². The van der Waals surface area contributed by atoms with Crippen LogP contribution >= 0.6 is 23.5 Å². The molecular formula is C39H60N4O6S2Si. The highest BCUT2D eigenvalue weighted by atomic mass is 32.2. The van der Waals surface area contributed by atoms with Crippen molar-refractivity contribution in [2.24, 2.45) is 21.8 Å². The van der Waals surface area contributed by atoms with Crippen LogP contribution < -0.4 is 0 Å². The SMILES string of the molecule is CC(O)[C@H]1O[C@@H]2SC(N(C)C)=N[C@@H]2[C@@H](OCc2ccccc2)[C@@H]1C.C[C@H]1[C@H](OCc2ccccc2)[C@H]2N=C(N(C)C)S[C@H]2O[C@@H]1C=O.C[Si](C)(C)C. The van der Waals surface area contributed by atoms with Crippen LogP contribution in [-0.4, -0.2) is 121 Å². The summed E-state index contributed by atoms with van der Waals surface area (Å²) in [5, 5.41) is 12.0. The fourth-order valence-electron chi connectivity index (χ4n) is 6.20. The number of rotatable bonds is 8. The van der Waals surface area contributed by atoms with Crippen molar-refractivity contribution in [3.8, 4) is 0 Å². The molecule has 4 aliphatic rings. The maximum absolute atomic E-state index is 11.4. The second-order valence-electron chi connectivity index (χ2n) is 15.9. The lowest BCUT2D eigenvalue weighted by Crippen LogP contribution is -2.54. The highest BCUT2D eigenvalue weighted by Gasteiger charge is 2.50. The normalized spacial score (nSPS) is 31.3. The van der Waals surface area contributed by atoms with Gasteiger partial charge in [0.15, 0.2) is 10.3 Å². The predicted molar refractivity (Wildman–Crippen MR) is 218 cm³/mol. The van der Waals surface area contributed by atoms with Gasteiger partial charge in [-0.3, -0.25) is 9.98 Å². The molecular weight excluding hydrogens is 713 g/mol. The van der Waals surface area contributed by atoms with Gasteiger partial charge in [0.05, 0.1) is 37.6 Å². The summed E-state index contributed by atoms with van der Waals surface area (Å²) in [7, 11) is 7.28. The van der Waals surface area contributed by atoms with E-state index in [0.717, 1.165) is 27.7 Å². The molecule has 0 spiro atoms. The summed E-state index contributed by atoms with van der Waals surface area (Å²) in [4.78, 5) is 24.9. The lowest BCUT2D eigenvalue weighted by atomic mass is 9.87. The highest BCUT2D eigenvalue weighted by molar-refractivity contribution is 8.14. The molecule has 1 N–H and O–H groups in total. The quantitative estimate of drug-likeness (QED) is 0.237. The Labute approximate surface area is 321 Å². The maximum atomic E-state index is 11.4. The molecule has 0 aromatic heterocycles. The molecule has 0 saturated carbocycles. The smallest absolute Gasteiger partial charge is 0.161 e. The van der Waals surface area contributed by atoms with E-state index >= 15 is 0 Å². The molecule has 0 aliphatic carbocycles. The number of benzene rings is 2. The molecule has 0 amide bonds. The summed E-state index contributed by atoms with van der Waals surface area (Å²) in [5.74, 6) is 0.0455. The number of aliphatic hydroxyl groups excluding tert-OH is 1. The summed E-state index contributed by atoms with van der Waals surface area (Å²) in [6.07, 6.45) is -0.540. The van der Waals surface area contributed by atoms with Crippen LogP contribution in [0.5, 0.6) is 0 Å². The van der Waals surface area contributed by atoms with Crippen LogP contribution in [0.3, 0.4) is 0 Å². The third-order valence-electron chi connectivity index (χ3n) is 8.79. The van der Waals surface area contributed by atoms with Gasteiger partial charge in [-0.25, -0.2) is 0 Å². The van der Waals surface area contributed by atoms with Gasteiger partial charge in [0, 0.05) is 48.1 Å². The first-order valence-corrected chi connectivity index (χ1v) is 23.9. The fourth-order valence-corrected chi connectivity index (χ4v) is 8.48. The number of nitrogens with zero attached hydrogens (tertiary/aromatic N) is 4. The lowest BCUT2D eigenvalue weighted by molar-refractivity contribution is -0.165. The van der Waals surface area contributed by atoms with E-state index in [1.807, 2.05) is 93.4 Å². The number of aldehydes is 1. The zero-order chi connectivity index (χ0) is 38.2. The molecule has 4 heterocycles. The molecule has 288 valence electrons.